The molecule has 0 atom stereocenters. The van der Waals surface area contributed by atoms with E-state index in [0.29, 0.717) is 23.0 Å². The van der Waals surface area contributed by atoms with Gasteiger partial charge in [-0.1, -0.05) is 6.07 Å². The van der Waals surface area contributed by atoms with Gasteiger partial charge < -0.3 is 5.11 Å². The summed E-state index contributed by atoms with van der Waals surface area (Å²) in [5.41, 5.74) is 1.83. The highest BCUT2D eigenvalue weighted by atomic mass is 16.4. The Morgan fingerprint density at radius 3 is 2.69 bits per heavy atom. The van der Waals surface area contributed by atoms with Gasteiger partial charge in [-0.3, -0.25) is 4.79 Å². The average Bonchev–Trinajstić information content (AvgIpc) is 2.25. The summed E-state index contributed by atoms with van der Waals surface area (Å²) in [4.78, 5) is 21.1. The van der Waals surface area contributed by atoms with Crippen molar-refractivity contribution in [1.82, 2.24) is 0 Å². The van der Waals surface area contributed by atoms with Gasteiger partial charge in [0.15, 0.2) is 6.29 Å². The number of nitriles is 1. The van der Waals surface area contributed by atoms with E-state index in [4.69, 9.17) is 10.4 Å². The quantitative estimate of drug-likeness (QED) is 0.615. The second-order valence-corrected chi connectivity index (χ2v) is 3.20. The number of carbonyl (C=O) groups is 2. The zero-order valence-electron chi connectivity index (χ0n) is 8.60. The molecule has 0 aliphatic carbocycles. The fourth-order valence-electron chi connectivity index (χ4n) is 1.35. The molecule has 0 saturated carbocycles. The van der Waals surface area contributed by atoms with Gasteiger partial charge in [0.1, 0.15) is 6.07 Å². The maximum Gasteiger partial charge on any atom is 0.328 e. The zero-order valence-corrected chi connectivity index (χ0v) is 8.60. The van der Waals surface area contributed by atoms with Crippen molar-refractivity contribution < 1.29 is 14.7 Å². The number of nitrogens with zero attached hydrogens (tertiary/aromatic N) is 1. The Balaban J connectivity index is 3.27. The number of carboxylic acids is 1. The van der Waals surface area contributed by atoms with E-state index in [1.807, 2.05) is 6.07 Å². The van der Waals surface area contributed by atoms with Crippen LogP contribution in [0.5, 0.6) is 0 Å². The number of aryl methyl sites for hydroxylation is 1. The summed E-state index contributed by atoms with van der Waals surface area (Å²) in [5, 5.41) is 17.3. The first-order valence-corrected chi connectivity index (χ1v) is 4.49. The third-order valence-corrected chi connectivity index (χ3v) is 2.05. The molecule has 0 heterocycles. The molecule has 4 nitrogen and oxygen atoms in total. The van der Waals surface area contributed by atoms with E-state index in [-0.39, 0.29) is 5.56 Å². The maximum absolute atomic E-state index is 10.7. The van der Waals surface area contributed by atoms with Gasteiger partial charge in [0.05, 0.1) is 5.56 Å². The molecule has 0 amide bonds. The van der Waals surface area contributed by atoms with E-state index < -0.39 is 5.97 Å². The molecule has 0 unspecified atom stereocenters. The Labute approximate surface area is 92.4 Å². The van der Waals surface area contributed by atoms with E-state index in [1.165, 1.54) is 12.1 Å². The third kappa shape index (κ3) is 2.55. The second-order valence-electron chi connectivity index (χ2n) is 3.20. The largest absolute Gasteiger partial charge is 0.478 e. The molecule has 0 bridgehead atoms. The summed E-state index contributed by atoms with van der Waals surface area (Å²) in [6.45, 7) is 1.70. The minimum Gasteiger partial charge on any atom is -0.478 e. The third-order valence-electron chi connectivity index (χ3n) is 2.05. The molecule has 1 rings (SSSR count). The average molecular weight is 215 g/mol. The zero-order chi connectivity index (χ0) is 12.1. The van der Waals surface area contributed by atoms with Gasteiger partial charge in [-0.05, 0) is 30.2 Å². The molecule has 0 radical (unpaired) electrons. The van der Waals surface area contributed by atoms with Crippen molar-refractivity contribution in [3.8, 4) is 6.07 Å². The van der Waals surface area contributed by atoms with Crippen molar-refractivity contribution in [3.63, 3.8) is 0 Å². The van der Waals surface area contributed by atoms with E-state index in [9.17, 15) is 9.59 Å². The SMILES string of the molecule is Cc1cc(/C=C/C(=O)O)cc(C=O)c1C#N. The molecule has 16 heavy (non-hydrogen) atoms. The van der Waals surface area contributed by atoms with Gasteiger partial charge in [0.2, 0.25) is 0 Å². The first-order chi connectivity index (χ1) is 7.58. The van der Waals surface area contributed by atoms with Crippen LogP contribution in [0.15, 0.2) is 18.2 Å². The predicted octanol–water partition coefficient (Wildman–Crippen LogP) is 1.78. The van der Waals surface area contributed by atoms with Crippen LogP contribution in [0.3, 0.4) is 0 Å². The number of rotatable bonds is 3. The minimum atomic E-state index is -1.06. The lowest BCUT2D eigenvalue weighted by Gasteiger charge is -2.02. The van der Waals surface area contributed by atoms with Crippen LogP contribution < -0.4 is 0 Å². The second kappa shape index (κ2) is 4.89. The fraction of sp³-hybridized carbons (Fsp3) is 0.0833. The van der Waals surface area contributed by atoms with Crippen LogP contribution in [0.25, 0.3) is 6.08 Å². The van der Waals surface area contributed by atoms with Crippen molar-refractivity contribution in [2.24, 2.45) is 0 Å². The molecule has 4 heteroatoms. The maximum atomic E-state index is 10.7. The van der Waals surface area contributed by atoms with Crippen LogP contribution in [-0.2, 0) is 4.79 Å². The van der Waals surface area contributed by atoms with E-state index >= 15 is 0 Å². The number of carboxylic acid groups (broad SMARTS) is 1. The summed E-state index contributed by atoms with van der Waals surface area (Å²) in [6, 6.07) is 5.08. The Morgan fingerprint density at radius 1 is 1.50 bits per heavy atom. The standard InChI is InChI=1S/C12H9NO3/c1-8-4-9(2-3-12(15)16)5-10(7-14)11(8)6-13/h2-5,7H,1H3,(H,15,16)/b3-2+. The Hall–Kier alpha value is -2.41. The number of aliphatic carboxylic acids is 1. The van der Waals surface area contributed by atoms with Crippen LogP contribution in [0, 0.1) is 18.3 Å². The highest BCUT2D eigenvalue weighted by Crippen LogP contribution is 2.16. The van der Waals surface area contributed by atoms with Crippen LogP contribution in [0.2, 0.25) is 0 Å². The molecular weight excluding hydrogens is 206 g/mol. The van der Waals surface area contributed by atoms with E-state index in [1.54, 1.807) is 13.0 Å². The molecule has 0 saturated heterocycles. The van der Waals surface area contributed by atoms with Crippen LogP contribution in [0.1, 0.15) is 27.0 Å². The summed E-state index contributed by atoms with van der Waals surface area (Å²) < 4.78 is 0. The normalized spacial score (nSPS) is 10.0. The van der Waals surface area contributed by atoms with Crippen molar-refractivity contribution >= 4 is 18.3 Å². The Bertz CT molecular complexity index is 510. The highest BCUT2D eigenvalue weighted by molar-refractivity contribution is 5.87. The Kier molecular flexibility index (Phi) is 3.57. The number of carbonyl (C=O) groups excluding carboxylic acids is 1. The first kappa shape index (κ1) is 11.7. The van der Waals surface area contributed by atoms with Gasteiger partial charge in [-0.15, -0.1) is 0 Å². The lowest BCUT2D eigenvalue weighted by molar-refractivity contribution is -0.131. The van der Waals surface area contributed by atoms with Crippen molar-refractivity contribution in [2.75, 3.05) is 0 Å². The number of hydrogen-bond acceptors (Lipinski definition) is 3. The predicted molar refractivity (Wildman–Crippen MR) is 58.0 cm³/mol. The minimum absolute atomic E-state index is 0.271. The number of aldehydes is 1. The van der Waals surface area contributed by atoms with E-state index in [2.05, 4.69) is 0 Å². The molecular formula is C12H9NO3. The summed E-state index contributed by atoms with van der Waals surface area (Å²) in [7, 11) is 0. The lowest BCUT2D eigenvalue weighted by Crippen LogP contribution is -1.93. The van der Waals surface area contributed by atoms with Crippen molar-refractivity contribution in [3.05, 3.63) is 40.5 Å². The number of benzene rings is 1. The van der Waals surface area contributed by atoms with Gasteiger partial charge >= 0.3 is 5.97 Å². The summed E-state index contributed by atoms with van der Waals surface area (Å²) in [5.74, 6) is -1.06. The van der Waals surface area contributed by atoms with Crippen molar-refractivity contribution in [1.29, 1.82) is 5.26 Å². The first-order valence-electron chi connectivity index (χ1n) is 4.49. The molecule has 0 fully saturated rings. The van der Waals surface area contributed by atoms with Crippen LogP contribution >= 0.6 is 0 Å². The highest BCUT2D eigenvalue weighted by Gasteiger charge is 2.05. The fourth-order valence-corrected chi connectivity index (χ4v) is 1.35. The summed E-state index contributed by atoms with van der Waals surface area (Å²) in [6.07, 6.45) is 2.95. The van der Waals surface area contributed by atoms with Crippen LogP contribution in [0.4, 0.5) is 0 Å². The van der Waals surface area contributed by atoms with Gasteiger partial charge in [0, 0.05) is 11.6 Å². The van der Waals surface area contributed by atoms with Gasteiger partial charge in [0.25, 0.3) is 0 Å². The topological polar surface area (TPSA) is 78.2 Å². The van der Waals surface area contributed by atoms with Gasteiger partial charge in [-0.25, -0.2) is 4.79 Å². The molecule has 0 aromatic heterocycles. The Morgan fingerprint density at radius 2 is 2.19 bits per heavy atom. The molecule has 0 spiro atoms. The van der Waals surface area contributed by atoms with Crippen LogP contribution in [-0.4, -0.2) is 17.4 Å². The smallest absolute Gasteiger partial charge is 0.328 e. The molecule has 80 valence electrons. The van der Waals surface area contributed by atoms with E-state index in [0.717, 1.165) is 6.08 Å². The molecule has 1 aromatic carbocycles. The summed E-state index contributed by atoms with van der Waals surface area (Å²) >= 11 is 0. The molecule has 0 aliphatic heterocycles. The lowest BCUT2D eigenvalue weighted by atomic mass is 10.00. The van der Waals surface area contributed by atoms with Crippen molar-refractivity contribution in [2.45, 2.75) is 6.92 Å². The molecule has 0 aliphatic rings. The van der Waals surface area contributed by atoms with Gasteiger partial charge in [-0.2, -0.15) is 5.26 Å². The molecule has 1 N–H and O–H groups in total. The monoisotopic (exact) mass is 215 g/mol. The number of hydrogen-bond donors (Lipinski definition) is 1. The molecule has 1 aromatic rings.